The number of esters is 2. The zero-order valence-electron chi connectivity index (χ0n) is 13.8. The third kappa shape index (κ3) is 3.56. The summed E-state index contributed by atoms with van der Waals surface area (Å²) < 4.78 is 14.5. The van der Waals surface area contributed by atoms with E-state index in [9.17, 15) is 19.2 Å². The maximum atomic E-state index is 12.3. The van der Waals surface area contributed by atoms with E-state index in [0.29, 0.717) is 6.61 Å². The molecule has 0 radical (unpaired) electrons. The summed E-state index contributed by atoms with van der Waals surface area (Å²) in [5, 5.41) is 0. The first-order valence-corrected chi connectivity index (χ1v) is 7.48. The van der Waals surface area contributed by atoms with Crippen LogP contribution in [0.15, 0.2) is 11.8 Å². The second-order valence-corrected chi connectivity index (χ2v) is 5.55. The van der Waals surface area contributed by atoms with Crippen LogP contribution in [0.2, 0.25) is 0 Å². The molecule has 0 aromatic heterocycles. The first-order chi connectivity index (χ1) is 11.4. The highest BCUT2D eigenvalue weighted by atomic mass is 16.5. The predicted molar refractivity (Wildman–Crippen MR) is 79.4 cm³/mol. The normalized spacial score (nSPS) is 24.3. The molecule has 9 nitrogen and oxygen atoms in total. The summed E-state index contributed by atoms with van der Waals surface area (Å²) in [5.74, 6) is -3.46. The minimum absolute atomic E-state index is 0.0286. The van der Waals surface area contributed by atoms with Gasteiger partial charge in [-0.3, -0.25) is 9.59 Å². The minimum Gasteiger partial charge on any atom is -0.465 e. The maximum absolute atomic E-state index is 12.3. The molecule has 1 amide bonds. The molecule has 2 rings (SSSR count). The number of methoxy groups -OCH3 is 2. The molecule has 0 N–H and O–H groups in total. The van der Waals surface area contributed by atoms with E-state index in [1.54, 1.807) is 4.90 Å². The van der Waals surface area contributed by atoms with E-state index in [4.69, 9.17) is 4.74 Å². The largest absolute Gasteiger partial charge is 0.465 e. The summed E-state index contributed by atoms with van der Waals surface area (Å²) in [6.45, 7) is 2.72. The first-order valence-electron chi connectivity index (χ1n) is 7.48. The Morgan fingerprint density at radius 3 is 2.50 bits per heavy atom. The molecule has 2 fully saturated rings. The van der Waals surface area contributed by atoms with Gasteiger partial charge in [0.2, 0.25) is 5.91 Å². The number of hydrogen-bond acceptors (Lipinski definition) is 8. The van der Waals surface area contributed by atoms with Crippen LogP contribution in [0.3, 0.4) is 0 Å². The Kier molecular flexibility index (Phi) is 5.55. The van der Waals surface area contributed by atoms with Gasteiger partial charge in [-0.05, 0) is 13.3 Å². The lowest BCUT2D eigenvalue weighted by Crippen LogP contribution is -2.61. The molecule has 2 aliphatic heterocycles. The van der Waals surface area contributed by atoms with Gasteiger partial charge in [-0.1, -0.05) is 0 Å². The van der Waals surface area contributed by atoms with Crippen LogP contribution in [0.5, 0.6) is 0 Å². The number of ether oxygens (including phenoxy) is 3. The van der Waals surface area contributed by atoms with Gasteiger partial charge >= 0.3 is 11.9 Å². The Bertz CT molecular complexity index is 586. The highest BCUT2D eigenvalue weighted by Crippen LogP contribution is 2.22. The van der Waals surface area contributed by atoms with Crippen molar-refractivity contribution in [1.82, 2.24) is 9.80 Å². The quantitative estimate of drug-likeness (QED) is 0.212. The van der Waals surface area contributed by atoms with Crippen LogP contribution in [0.1, 0.15) is 13.3 Å². The molecule has 0 bridgehead atoms. The Morgan fingerprint density at radius 1 is 1.21 bits per heavy atom. The fraction of sp³-hybridized carbons (Fsp3) is 0.600. The highest BCUT2D eigenvalue weighted by molar-refractivity contribution is 6.46. The van der Waals surface area contributed by atoms with Crippen LogP contribution >= 0.6 is 0 Å². The molecule has 0 aliphatic carbocycles. The van der Waals surface area contributed by atoms with Crippen molar-refractivity contribution >= 4 is 23.6 Å². The van der Waals surface area contributed by atoms with Crippen molar-refractivity contribution < 1.29 is 33.4 Å². The second kappa shape index (κ2) is 7.43. The van der Waals surface area contributed by atoms with Gasteiger partial charge in [-0.15, -0.1) is 0 Å². The summed E-state index contributed by atoms with van der Waals surface area (Å²) in [4.78, 5) is 50.6. The molecule has 2 atom stereocenters. The van der Waals surface area contributed by atoms with Gasteiger partial charge in [-0.25, -0.2) is 9.59 Å². The van der Waals surface area contributed by atoms with Crippen LogP contribution < -0.4 is 0 Å². The monoisotopic (exact) mass is 340 g/mol. The molecule has 24 heavy (non-hydrogen) atoms. The Balaban J connectivity index is 2.23. The van der Waals surface area contributed by atoms with Gasteiger partial charge in [0.25, 0.3) is 5.78 Å². The summed E-state index contributed by atoms with van der Waals surface area (Å²) in [6.07, 6.45) is 1.45. The van der Waals surface area contributed by atoms with E-state index < -0.39 is 29.5 Å². The van der Waals surface area contributed by atoms with Crippen molar-refractivity contribution in [2.24, 2.45) is 0 Å². The number of amides is 1. The smallest absolute Gasteiger partial charge is 0.379 e. The van der Waals surface area contributed by atoms with Gasteiger partial charge in [0.1, 0.15) is 11.8 Å². The van der Waals surface area contributed by atoms with E-state index in [2.05, 4.69) is 9.47 Å². The van der Waals surface area contributed by atoms with Crippen molar-refractivity contribution in [2.75, 3.05) is 33.9 Å². The SMILES string of the molecule is COC(=O)C(=O)/C(=C\N1CC(=O)N2[C@H](C)CCO[C@H]2C1)C(=O)OC. The molecule has 0 aromatic rings. The molecular weight excluding hydrogens is 320 g/mol. The van der Waals surface area contributed by atoms with Gasteiger partial charge in [-0.2, -0.15) is 0 Å². The van der Waals surface area contributed by atoms with Crippen molar-refractivity contribution in [1.29, 1.82) is 0 Å². The predicted octanol–water partition coefficient (Wildman–Crippen LogP) is -0.935. The number of hydrogen-bond donors (Lipinski definition) is 0. The molecule has 0 aromatic carbocycles. The van der Waals surface area contributed by atoms with Crippen molar-refractivity contribution in [3.05, 3.63) is 11.8 Å². The van der Waals surface area contributed by atoms with Crippen molar-refractivity contribution in [2.45, 2.75) is 25.6 Å². The lowest BCUT2D eigenvalue weighted by atomic mass is 10.1. The number of rotatable bonds is 4. The molecule has 2 heterocycles. The standard InChI is InChI=1S/C15H20N2O7/c1-9-4-5-24-12-8-16(7-11(18)17(9)12)6-10(14(20)22-2)13(19)15(21)23-3/h6,9,12H,4-5,7-8H2,1-3H3/b10-6+/t9-,12+/m1/s1. The van der Waals surface area contributed by atoms with Crippen LogP contribution in [-0.4, -0.2) is 79.6 Å². The fourth-order valence-corrected chi connectivity index (χ4v) is 2.74. The van der Waals surface area contributed by atoms with Crippen molar-refractivity contribution in [3.8, 4) is 0 Å². The van der Waals surface area contributed by atoms with Gasteiger partial charge in [0.05, 0.1) is 33.9 Å². The maximum Gasteiger partial charge on any atom is 0.379 e. The molecular formula is C15H20N2O7. The van der Waals surface area contributed by atoms with Crippen molar-refractivity contribution in [3.63, 3.8) is 0 Å². The summed E-state index contributed by atoms with van der Waals surface area (Å²) in [6, 6.07) is 0.0687. The summed E-state index contributed by atoms with van der Waals surface area (Å²) in [5.41, 5.74) is -0.491. The van der Waals surface area contributed by atoms with Crippen LogP contribution in [0.25, 0.3) is 0 Å². The molecule has 2 aliphatic rings. The minimum atomic E-state index is -1.18. The van der Waals surface area contributed by atoms with Crippen LogP contribution in [0, 0.1) is 0 Å². The van der Waals surface area contributed by atoms with Gasteiger partial charge < -0.3 is 24.0 Å². The van der Waals surface area contributed by atoms with Crippen LogP contribution in [-0.2, 0) is 33.4 Å². The number of fused-ring (bicyclic) bond motifs is 1. The Morgan fingerprint density at radius 2 is 1.88 bits per heavy atom. The van der Waals surface area contributed by atoms with Gasteiger partial charge in [0, 0.05) is 12.2 Å². The average Bonchev–Trinajstić information content (AvgIpc) is 2.57. The molecule has 2 saturated heterocycles. The third-order valence-corrected chi connectivity index (χ3v) is 3.98. The zero-order valence-corrected chi connectivity index (χ0v) is 13.8. The fourth-order valence-electron chi connectivity index (χ4n) is 2.74. The number of carbonyl (C=O) groups excluding carboxylic acids is 4. The average molecular weight is 340 g/mol. The molecule has 0 saturated carbocycles. The number of nitrogens with zero attached hydrogens (tertiary/aromatic N) is 2. The zero-order chi connectivity index (χ0) is 17.9. The number of carbonyl (C=O) groups is 4. The van der Waals surface area contributed by atoms with E-state index in [1.165, 1.54) is 4.90 Å². The first kappa shape index (κ1) is 17.9. The van der Waals surface area contributed by atoms with Gasteiger partial charge in [0.15, 0.2) is 0 Å². The molecule has 0 spiro atoms. The lowest BCUT2D eigenvalue weighted by molar-refractivity contribution is -0.176. The van der Waals surface area contributed by atoms with Crippen LogP contribution in [0.4, 0.5) is 0 Å². The lowest BCUT2D eigenvalue weighted by Gasteiger charge is -2.46. The Labute approximate surface area is 139 Å². The van der Waals surface area contributed by atoms with E-state index >= 15 is 0 Å². The van der Waals surface area contributed by atoms with E-state index in [-0.39, 0.29) is 25.0 Å². The third-order valence-electron chi connectivity index (χ3n) is 3.98. The number of Topliss-reactive ketones (excluding diaryl/α,β-unsaturated/α-hetero) is 1. The number of piperazine rings is 1. The van der Waals surface area contributed by atoms with E-state index in [0.717, 1.165) is 26.8 Å². The topological polar surface area (TPSA) is 102 Å². The molecule has 132 valence electrons. The number of ketones is 1. The Hall–Kier alpha value is -2.42. The van der Waals surface area contributed by atoms with E-state index in [1.807, 2.05) is 6.92 Å². The molecule has 0 unspecified atom stereocenters. The second-order valence-electron chi connectivity index (χ2n) is 5.55. The summed E-state index contributed by atoms with van der Waals surface area (Å²) in [7, 11) is 2.13. The summed E-state index contributed by atoms with van der Waals surface area (Å²) >= 11 is 0. The highest BCUT2D eigenvalue weighted by Gasteiger charge is 2.38. The molecule has 9 heteroatoms.